The Bertz CT molecular complexity index is 1900. The minimum Gasteiger partial charge on any atom is -0.495 e. The van der Waals surface area contributed by atoms with Crippen LogP contribution < -0.4 is 20.7 Å². The van der Waals surface area contributed by atoms with Gasteiger partial charge in [0.05, 0.1) is 41.8 Å². The van der Waals surface area contributed by atoms with E-state index >= 15 is 4.39 Å². The molecule has 1 spiro atoms. The Morgan fingerprint density at radius 2 is 1.86 bits per heavy atom. The Balaban J connectivity index is 1.37. The number of amides is 2. The number of carbonyl (C=O) groups is 2. The Kier molecular flexibility index (Phi) is 9.63. The van der Waals surface area contributed by atoms with Crippen LogP contribution in [0.3, 0.4) is 0 Å². The van der Waals surface area contributed by atoms with E-state index in [0.29, 0.717) is 22.7 Å². The van der Waals surface area contributed by atoms with Crippen LogP contribution in [-0.2, 0) is 29.7 Å². The second-order valence-corrected chi connectivity index (χ2v) is 16.2. The van der Waals surface area contributed by atoms with Crippen molar-refractivity contribution in [2.75, 3.05) is 44.0 Å². The fourth-order valence-electron chi connectivity index (χ4n) is 7.09. The van der Waals surface area contributed by atoms with Gasteiger partial charge in [-0.1, -0.05) is 62.2 Å². The molecule has 2 saturated heterocycles. The summed E-state index contributed by atoms with van der Waals surface area (Å²) in [6, 6.07) is 13.0. The highest BCUT2D eigenvalue weighted by Crippen LogP contribution is 2.57. The van der Waals surface area contributed by atoms with Gasteiger partial charge in [0.1, 0.15) is 17.0 Å². The lowest BCUT2D eigenvalue weighted by molar-refractivity contribution is -0.122. The highest BCUT2D eigenvalue weighted by Gasteiger charge is 2.66. The van der Waals surface area contributed by atoms with Gasteiger partial charge < -0.3 is 19.5 Å². The van der Waals surface area contributed by atoms with Crippen LogP contribution in [0.2, 0.25) is 10.0 Å². The second kappa shape index (κ2) is 13.3. The number of ether oxygens (including phenoxy) is 3. The van der Waals surface area contributed by atoms with Gasteiger partial charge in [-0.25, -0.2) is 17.6 Å². The van der Waals surface area contributed by atoms with E-state index in [2.05, 4.69) is 16.0 Å². The van der Waals surface area contributed by atoms with E-state index in [4.69, 9.17) is 37.4 Å². The third-order valence-corrected chi connectivity index (χ3v) is 11.6. The molecule has 49 heavy (non-hydrogen) atoms. The lowest BCUT2D eigenvalue weighted by atomic mass is 9.63. The number of sulfonamides is 1. The summed E-state index contributed by atoms with van der Waals surface area (Å²) < 4.78 is 60.5. The Labute approximate surface area is 294 Å². The zero-order valence-electron chi connectivity index (χ0n) is 27.3. The van der Waals surface area contributed by atoms with Gasteiger partial charge in [-0.2, -0.15) is 4.31 Å². The van der Waals surface area contributed by atoms with Crippen molar-refractivity contribution in [3.8, 4) is 5.75 Å². The first-order chi connectivity index (χ1) is 23.2. The number of fused-ring (bicyclic) bond motifs is 2. The van der Waals surface area contributed by atoms with E-state index in [1.54, 1.807) is 24.3 Å². The lowest BCUT2D eigenvalue weighted by Crippen LogP contribution is -2.49. The molecule has 0 aliphatic carbocycles. The molecule has 0 saturated carbocycles. The first kappa shape index (κ1) is 35.4. The van der Waals surface area contributed by atoms with Crippen LogP contribution in [0, 0.1) is 11.2 Å². The van der Waals surface area contributed by atoms with Crippen LogP contribution in [-0.4, -0.2) is 70.4 Å². The molecule has 6 rings (SSSR count). The number of morpholine rings is 1. The van der Waals surface area contributed by atoms with Crippen molar-refractivity contribution in [1.29, 1.82) is 0 Å². The number of nitrogens with one attached hydrogen (secondary N) is 3. The average Bonchev–Trinajstić information content (AvgIpc) is 3.50. The summed E-state index contributed by atoms with van der Waals surface area (Å²) >= 11 is 12.6. The Morgan fingerprint density at radius 1 is 1.12 bits per heavy atom. The van der Waals surface area contributed by atoms with Crippen LogP contribution in [0.4, 0.5) is 20.6 Å². The lowest BCUT2D eigenvalue weighted by Gasteiger charge is -2.37. The van der Waals surface area contributed by atoms with Gasteiger partial charge in [-0.3, -0.25) is 15.4 Å². The molecule has 3 heterocycles. The first-order valence-electron chi connectivity index (χ1n) is 15.7. The summed E-state index contributed by atoms with van der Waals surface area (Å²) in [6.45, 7) is 7.06. The van der Waals surface area contributed by atoms with Gasteiger partial charge in [0, 0.05) is 35.9 Å². The van der Waals surface area contributed by atoms with Gasteiger partial charge in [-0.15, -0.1) is 0 Å². The van der Waals surface area contributed by atoms with E-state index in [-0.39, 0.29) is 58.6 Å². The van der Waals surface area contributed by atoms with Crippen LogP contribution in [0.15, 0.2) is 59.5 Å². The van der Waals surface area contributed by atoms with Crippen molar-refractivity contribution in [2.24, 2.45) is 5.41 Å². The monoisotopic (exact) mass is 734 g/mol. The number of nitrogens with zero attached hydrogens (tertiary/aromatic N) is 1. The molecular weight excluding hydrogens is 698 g/mol. The van der Waals surface area contributed by atoms with Gasteiger partial charge in [-0.05, 0) is 53.3 Å². The smallest absolute Gasteiger partial charge is 0.413 e. The molecule has 0 radical (unpaired) electrons. The highest BCUT2D eigenvalue weighted by atomic mass is 35.5. The summed E-state index contributed by atoms with van der Waals surface area (Å²) in [5.41, 5.74) is -0.466. The first-order valence-corrected chi connectivity index (χ1v) is 17.9. The maximum atomic E-state index is 16.0. The topological polar surface area (TPSA) is 135 Å². The third-order valence-electron chi connectivity index (χ3n) is 9.14. The van der Waals surface area contributed by atoms with E-state index < -0.39 is 51.4 Å². The highest BCUT2D eigenvalue weighted by molar-refractivity contribution is 7.89. The Hall–Kier alpha value is -3.46. The van der Waals surface area contributed by atoms with Crippen LogP contribution in [0.25, 0.3) is 0 Å². The number of anilines is 2. The molecule has 2 fully saturated rings. The van der Waals surface area contributed by atoms with E-state index in [1.807, 2.05) is 20.8 Å². The maximum Gasteiger partial charge on any atom is 0.413 e. The molecule has 3 aromatic rings. The van der Waals surface area contributed by atoms with Crippen molar-refractivity contribution in [2.45, 2.75) is 55.7 Å². The van der Waals surface area contributed by atoms with Crippen molar-refractivity contribution in [3.05, 3.63) is 81.6 Å². The Morgan fingerprint density at radius 3 is 2.55 bits per heavy atom. The SMILES string of the molecule is COc1cc(S(=O)(=O)N2CCOCC2)ccc1NC(=O)O[C@H]1N[C@@H](CC(C)(C)C)[C@@]2(C(=O)Nc3cc(Cl)ccc32)[C@H]1c1cccc(Cl)c1F. The predicted octanol–water partition coefficient (Wildman–Crippen LogP) is 6.12. The zero-order valence-corrected chi connectivity index (χ0v) is 29.6. The quantitative estimate of drug-likeness (QED) is 0.265. The molecule has 11 nitrogen and oxygen atoms in total. The van der Waals surface area contributed by atoms with E-state index in [9.17, 15) is 18.0 Å². The normalized spacial score (nSPS) is 24.1. The fourth-order valence-corrected chi connectivity index (χ4v) is 8.87. The largest absolute Gasteiger partial charge is 0.495 e. The van der Waals surface area contributed by atoms with Gasteiger partial charge >= 0.3 is 6.09 Å². The van der Waals surface area contributed by atoms with Crippen LogP contribution in [0.5, 0.6) is 5.75 Å². The summed E-state index contributed by atoms with van der Waals surface area (Å²) in [5.74, 6) is -2.14. The average molecular weight is 736 g/mol. The number of halogens is 3. The standard InChI is InChI=1S/C34H37Cl2FN4O7S/c1-33(2,3)18-27-34(22-10-8-19(35)16-25(22)38-31(34)42)28(21-6-5-7-23(36)29(21)37)30(40-27)48-32(43)39-24-11-9-20(17-26(24)46-4)49(44,45)41-12-14-47-15-13-41/h5-11,16-17,27-28,30,40H,12-15,18H2,1-4H3,(H,38,42)(H,39,43)/t27-,28-,30+,34+/m0/s1. The van der Waals surface area contributed by atoms with Crippen molar-refractivity contribution in [1.82, 2.24) is 9.62 Å². The second-order valence-electron chi connectivity index (χ2n) is 13.4. The summed E-state index contributed by atoms with van der Waals surface area (Å²) in [7, 11) is -2.50. The molecular formula is C34H37Cl2FN4O7S. The summed E-state index contributed by atoms with van der Waals surface area (Å²) in [4.78, 5) is 27.9. The molecule has 4 atom stereocenters. The molecule has 15 heteroatoms. The van der Waals surface area contributed by atoms with Gasteiger partial charge in [0.25, 0.3) is 0 Å². The number of rotatable bonds is 7. The summed E-state index contributed by atoms with van der Waals surface area (Å²) in [5, 5.41) is 9.19. The minimum atomic E-state index is -3.84. The molecule has 3 N–H and O–H groups in total. The fraction of sp³-hybridized carbons (Fsp3) is 0.412. The number of carbonyl (C=O) groups excluding carboxylic acids is 2. The number of methoxy groups -OCH3 is 1. The maximum absolute atomic E-state index is 16.0. The molecule has 2 amide bonds. The van der Waals surface area contributed by atoms with Gasteiger partial charge in [0.15, 0.2) is 6.23 Å². The zero-order chi connectivity index (χ0) is 35.3. The predicted molar refractivity (Wildman–Crippen MR) is 183 cm³/mol. The van der Waals surface area contributed by atoms with Crippen molar-refractivity contribution in [3.63, 3.8) is 0 Å². The molecule has 3 aliphatic heterocycles. The van der Waals surface area contributed by atoms with Crippen molar-refractivity contribution < 1.29 is 36.6 Å². The van der Waals surface area contributed by atoms with E-state index in [1.165, 1.54) is 41.7 Å². The van der Waals surface area contributed by atoms with Crippen LogP contribution >= 0.6 is 23.2 Å². The molecule has 262 valence electrons. The molecule has 0 bridgehead atoms. The van der Waals surface area contributed by atoms with Gasteiger partial charge in [0.2, 0.25) is 15.9 Å². The number of benzene rings is 3. The third kappa shape index (κ3) is 6.48. The van der Waals surface area contributed by atoms with Crippen LogP contribution in [0.1, 0.15) is 44.2 Å². The number of hydrogen-bond acceptors (Lipinski definition) is 8. The minimum absolute atomic E-state index is 0.0166. The molecule has 0 unspecified atom stereocenters. The summed E-state index contributed by atoms with van der Waals surface area (Å²) in [6.07, 6.45) is -1.73. The number of hydrogen-bond donors (Lipinski definition) is 3. The van der Waals surface area contributed by atoms with E-state index in [0.717, 1.165) is 0 Å². The van der Waals surface area contributed by atoms with Crippen molar-refractivity contribution >= 4 is 56.6 Å². The molecule has 3 aromatic carbocycles. The molecule has 3 aliphatic rings. The molecule has 0 aromatic heterocycles.